The third-order valence-corrected chi connectivity index (χ3v) is 0.933. The fourth-order valence-electron chi connectivity index (χ4n) is 0.483. The number of unbranched alkanes of at least 4 members (excludes halogenated alkanes) is 2. The molecule has 0 heterocycles. The number of rotatable bonds is 5. The van der Waals surface area contributed by atoms with E-state index in [0.29, 0.717) is 6.61 Å². The summed E-state index contributed by atoms with van der Waals surface area (Å²) in [6.07, 6.45) is 3.25. The summed E-state index contributed by atoms with van der Waals surface area (Å²) in [5.74, 6) is 0. The van der Waals surface area contributed by atoms with Crippen molar-refractivity contribution in [2.45, 2.75) is 26.2 Å². The molecule has 0 atom stereocenters. The maximum atomic E-state index is 7.76. The normalized spacial score (nSPS) is 8.11. The average molecular weight is 129 g/mol. The maximum Gasteiger partial charge on any atom is 0.111 e. The Hall–Kier alpha value is -0.890. The second kappa shape index (κ2) is 7.11. The van der Waals surface area contributed by atoms with Crippen LogP contribution >= 0.6 is 0 Å². The van der Waals surface area contributed by atoms with Crippen molar-refractivity contribution in [3.8, 4) is 0 Å². The highest BCUT2D eigenvalue weighted by Gasteiger charge is 1.82. The van der Waals surface area contributed by atoms with E-state index < -0.39 is 0 Å². The molecule has 0 saturated heterocycles. The Morgan fingerprint density at radius 2 is 2.33 bits per heavy atom. The molecule has 0 aromatic heterocycles. The molecule has 52 valence electrons. The molecule has 0 rings (SSSR count). The largest absolute Gasteiger partial charge is 0.434 e. The average Bonchev–Trinajstić information content (AvgIpc) is 1.89. The van der Waals surface area contributed by atoms with Gasteiger partial charge in [0.1, 0.15) is 5.28 Å². The number of azide groups is 1. The van der Waals surface area contributed by atoms with Crippen molar-refractivity contribution in [2.75, 3.05) is 6.61 Å². The summed E-state index contributed by atoms with van der Waals surface area (Å²) in [7, 11) is 0. The lowest BCUT2D eigenvalue weighted by atomic mass is 10.3. The Labute approximate surface area is 54.4 Å². The molecule has 0 aliphatic carbocycles. The lowest BCUT2D eigenvalue weighted by Gasteiger charge is -1.93. The molecule has 0 spiro atoms. The van der Waals surface area contributed by atoms with Crippen molar-refractivity contribution >= 4 is 0 Å². The molecule has 0 bridgehead atoms. The van der Waals surface area contributed by atoms with Crippen LogP contribution in [0.5, 0.6) is 0 Å². The molecule has 0 unspecified atom stereocenters. The van der Waals surface area contributed by atoms with Crippen LogP contribution in [0.25, 0.3) is 10.4 Å². The predicted molar refractivity (Wildman–Crippen MR) is 34.6 cm³/mol. The highest BCUT2D eigenvalue weighted by atomic mass is 16.6. The third-order valence-electron chi connectivity index (χ3n) is 0.933. The van der Waals surface area contributed by atoms with Crippen molar-refractivity contribution in [1.29, 1.82) is 0 Å². The van der Waals surface area contributed by atoms with E-state index in [9.17, 15) is 0 Å². The summed E-state index contributed by atoms with van der Waals surface area (Å²) in [4.78, 5) is 6.93. The molecular formula is C5H11N3O. The minimum atomic E-state index is 0.540. The first-order chi connectivity index (χ1) is 4.41. The van der Waals surface area contributed by atoms with Crippen LogP contribution in [-0.4, -0.2) is 6.61 Å². The van der Waals surface area contributed by atoms with Gasteiger partial charge in [-0.1, -0.05) is 19.8 Å². The minimum Gasteiger partial charge on any atom is -0.434 e. The molecule has 0 fully saturated rings. The lowest BCUT2D eigenvalue weighted by molar-refractivity contribution is 0.134. The van der Waals surface area contributed by atoms with E-state index >= 15 is 0 Å². The van der Waals surface area contributed by atoms with E-state index in [0.717, 1.165) is 19.3 Å². The van der Waals surface area contributed by atoms with Crippen LogP contribution in [0.2, 0.25) is 0 Å². The Kier molecular flexibility index (Phi) is 6.41. The first-order valence-electron chi connectivity index (χ1n) is 3.08. The van der Waals surface area contributed by atoms with Crippen molar-refractivity contribution in [2.24, 2.45) is 5.28 Å². The van der Waals surface area contributed by atoms with Gasteiger partial charge in [0.05, 0.1) is 6.61 Å². The van der Waals surface area contributed by atoms with Gasteiger partial charge in [-0.25, -0.2) is 0 Å². The van der Waals surface area contributed by atoms with E-state index in [2.05, 4.69) is 22.0 Å². The van der Waals surface area contributed by atoms with Gasteiger partial charge >= 0.3 is 0 Å². The second-order valence-electron chi connectivity index (χ2n) is 1.71. The van der Waals surface area contributed by atoms with Crippen molar-refractivity contribution in [3.63, 3.8) is 0 Å². The minimum absolute atomic E-state index is 0.540. The van der Waals surface area contributed by atoms with Gasteiger partial charge in [0.15, 0.2) is 0 Å². The van der Waals surface area contributed by atoms with Gasteiger partial charge < -0.3 is 4.84 Å². The maximum absolute atomic E-state index is 7.76. The molecule has 4 nitrogen and oxygen atoms in total. The van der Waals surface area contributed by atoms with Gasteiger partial charge in [-0.05, 0) is 12.0 Å². The van der Waals surface area contributed by atoms with Crippen molar-refractivity contribution in [3.05, 3.63) is 10.4 Å². The van der Waals surface area contributed by atoms with Crippen LogP contribution in [0.15, 0.2) is 5.28 Å². The molecule has 4 heteroatoms. The summed E-state index contributed by atoms with van der Waals surface area (Å²) in [5.41, 5.74) is 7.76. The molecule has 0 aromatic rings. The van der Waals surface area contributed by atoms with E-state index in [-0.39, 0.29) is 0 Å². The second-order valence-corrected chi connectivity index (χ2v) is 1.71. The fraction of sp³-hybridized carbons (Fsp3) is 1.00. The van der Waals surface area contributed by atoms with Crippen LogP contribution < -0.4 is 0 Å². The first kappa shape index (κ1) is 8.11. The standard InChI is InChI=1S/C5H11N3O/c1-2-3-4-5-9-8-7-6/h2-5H2,1H3. The topological polar surface area (TPSA) is 58.0 Å². The van der Waals surface area contributed by atoms with Crippen LogP contribution in [0.3, 0.4) is 0 Å². The van der Waals surface area contributed by atoms with Crippen LogP contribution in [0.1, 0.15) is 26.2 Å². The quantitative estimate of drug-likeness (QED) is 0.185. The third kappa shape index (κ3) is 7.11. The van der Waals surface area contributed by atoms with E-state index in [4.69, 9.17) is 5.53 Å². The highest BCUT2D eigenvalue weighted by Crippen LogP contribution is 1.93. The van der Waals surface area contributed by atoms with E-state index in [1.807, 2.05) is 0 Å². The molecule has 0 N–H and O–H groups in total. The van der Waals surface area contributed by atoms with E-state index in [1.54, 1.807) is 0 Å². The zero-order chi connectivity index (χ0) is 6.95. The highest BCUT2D eigenvalue weighted by molar-refractivity contribution is 4.35. The Bertz CT molecular complexity index is 98.4. The summed E-state index contributed by atoms with van der Waals surface area (Å²) < 4.78 is 0. The first-order valence-corrected chi connectivity index (χ1v) is 3.08. The number of hydrogen-bond acceptors (Lipinski definition) is 2. The molecule has 0 aromatic carbocycles. The molecule has 9 heavy (non-hydrogen) atoms. The SMILES string of the molecule is CCCCCON=[N+]=[N-]. The molecule has 0 aliphatic heterocycles. The summed E-state index contributed by atoms with van der Waals surface area (Å²) in [6, 6.07) is 0. The lowest BCUT2D eigenvalue weighted by Crippen LogP contribution is -1.84. The molecule has 0 amide bonds. The van der Waals surface area contributed by atoms with Crippen LogP contribution in [0, 0.1) is 0 Å². The van der Waals surface area contributed by atoms with Crippen molar-refractivity contribution in [1.82, 2.24) is 0 Å². The molecule has 0 saturated carbocycles. The Balaban J connectivity index is 2.82. The Morgan fingerprint density at radius 3 is 2.89 bits per heavy atom. The van der Waals surface area contributed by atoms with Gasteiger partial charge in [-0.3, -0.25) is 0 Å². The molecular weight excluding hydrogens is 118 g/mol. The molecule has 0 radical (unpaired) electrons. The van der Waals surface area contributed by atoms with Crippen LogP contribution in [0.4, 0.5) is 0 Å². The van der Waals surface area contributed by atoms with Gasteiger partial charge in [-0.2, -0.15) is 0 Å². The van der Waals surface area contributed by atoms with E-state index in [1.165, 1.54) is 0 Å². The summed E-state index contributed by atoms with van der Waals surface area (Å²) >= 11 is 0. The Morgan fingerprint density at radius 1 is 1.56 bits per heavy atom. The smallest absolute Gasteiger partial charge is 0.111 e. The monoisotopic (exact) mass is 129 g/mol. The van der Waals surface area contributed by atoms with Crippen LogP contribution in [-0.2, 0) is 4.84 Å². The zero-order valence-corrected chi connectivity index (χ0v) is 5.58. The van der Waals surface area contributed by atoms with Crippen molar-refractivity contribution < 1.29 is 4.84 Å². The predicted octanol–water partition coefficient (Wildman–Crippen LogP) is 2.42. The van der Waals surface area contributed by atoms with Gasteiger partial charge in [0, 0.05) is 4.91 Å². The summed E-state index contributed by atoms with van der Waals surface area (Å²) in [6.45, 7) is 2.64. The zero-order valence-electron chi connectivity index (χ0n) is 5.58. The summed E-state index contributed by atoms with van der Waals surface area (Å²) in [5, 5.41) is 2.92. The van der Waals surface area contributed by atoms with Gasteiger partial charge in [-0.15, -0.1) is 0 Å². The fourth-order valence-corrected chi connectivity index (χ4v) is 0.483. The molecule has 0 aliphatic rings. The number of hydrogen-bond donors (Lipinski definition) is 0. The van der Waals surface area contributed by atoms with Gasteiger partial charge in [0.2, 0.25) is 0 Å². The number of nitrogens with zero attached hydrogens (tertiary/aromatic N) is 3. The van der Waals surface area contributed by atoms with Gasteiger partial charge in [0.25, 0.3) is 0 Å².